The molecule has 0 unspecified atom stereocenters. The smallest absolute Gasteiger partial charge is 0.325 e. The van der Waals surface area contributed by atoms with Crippen LogP contribution >= 0.6 is 11.6 Å². The number of amides is 4. The summed E-state index contributed by atoms with van der Waals surface area (Å²) in [6.45, 7) is 0.657. The molecule has 0 bridgehead atoms. The summed E-state index contributed by atoms with van der Waals surface area (Å²) in [4.78, 5) is 24.5. The number of urea groups is 2. The number of benzene rings is 1. The van der Waals surface area contributed by atoms with E-state index in [1.165, 1.54) is 0 Å². The molecular weight excluding hydrogens is 310 g/mol. The van der Waals surface area contributed by atoms with Crippen molar-refractivity contribution in [3.05, 3.63) is 34.9 Å². The largest absolute Gasteiger partial charge is 0.396 e. The van der Waals surface area contributed by atoms with Crippen molar-refractivity contribution >= 4 is 23.7 Å². The number of imide groups is 1. The molecule has 8 heteroatoms. The molecule has 1 heterocycles. The maximum absolute atomic E-state index is 12.1. The van der Waals surface area contributed by atoms with E-state index in [0.29, 0.717) is 5.02 Å². The summed E-state index contributed by atoms with van der Waals surface area (Å²) in [5.74, 6) is 0. The van der Waals surface area contributed by atoms with Crippen molar-refractivity contribution < 1.29 is 19.4 Å². The Morgan fingerprint density at radius 1 is 1.36 bits per heavy atom. The van der Waals surface area contributed by atoms with E-state index < -0.39 is 17.5 Å². The molecule has 4 N–H and O–H groups in total. The third kappa shape index (κ3) is 3.88. The van der Waals surface area contributed by atoms with Crippen molar-refractivity contribution in [1.29, 1.82) is 0 Å². The number of hydrogen-bond donors (Lipinski definition) is 3. The molecule has 4 amide bonds. The fraction of sp³-hybridized carbons (Fsp3) is 0.429. The molecule has 0 atom stereocenters. The number of aliphatic hydroxyl groups excluding tert-OH is 1. The van der Waals surface area contributed by atoms with Gasteiger partial charge in [-0.15, -0.1) is 0 Å². The lowest BCUT2D eigenvalue weighted by Gasteiger charge is -2.42. The Labute approximate surface area is 133 Å². The number of nitrogens with two attached hydrogens (primary N) is 1. The van der Waals surface area contributed by atoms with E-state index in [4.69, 9.17) is 22.1 Å². The highest BCUT2D eigenvalue weighted by molar-refractivity contribution is 6.30. The van der Waals surface area contributed by atoms with Crippen LogP contribution in [-0.2, 0) is 11.3 Å². The summed E-state index contributed by atoms with van der Waals surface area (Å²) in [6, 6.07) is 5.48. The van der Waals surface area contributed by atoms with Crippen LogP contribution in [0.15, 0.2) is 24.3 Å². The summed E-state index contributed by atoms with van der Waals surface area (Å²) in [5.41, 5.74) is 5.47. The van der Waals surface area contributed by atoms with Crippen LogP contribution in [0, 0.1) is 5.41 Å². The average Bonchev–Trinajstić information content (AvgIpc) is 2.45. The van der Waals surface area contributed by atoms with E-state index in [1.54, 1.807) is 24.3 Å². The molecule has 22 heavy (non-hydrogen) atoms. The predicted octanol–water partition coefficient (Wildman–Crippen LogP) is 0.939. The molecule has 0 radical (unpaired) electrons. The molecular formula is C14H18ClN3O4. The lowest BCUT2D eigenvalue weighted by atomic mass is 9.86. The maximum Gasteiger partial charge on any atom is 0.325 e. The van der Waals surface area contributed by atoms with Crippen LogP contribution in [-0.4, -0.2) is 48.4 Å². The van der Waals surface area contributed by atoms with Crippen molar-refractivity contribution in [3.8, 4) is 0 Å². The van der Waals surface area contributed by atoms with Crippen LogP contribution in [0.5, 0.6) is 0 Å². The molecule has 1 aliphatic rings. The highest BCUT2D eigenvalue weighted by Crippen LogP contribution is 2.27. The van der Waals surface area contributed by atoms with Gasteiger partial charge in [0.05, 0.1) is 25.2 Å². The number of halogens is 1. The van der Waals surface area contributed by atoms with E-state index in [0.717, 1.165) is 10.5 Å². The van der Waals surface area contributed by atoms with Gasteiger partial charge in [-0.1, -0.05) is 23.7 Å². The Morgan fingerprint density at radius 3 is 2.45 bits per heavy atom. The van der Waals surface area contributed by atoms with E-state index in [-0.39, 0.29) is 32.9 Å². The van der Waals surface area contributed by atoms with Crippen molar-refractivity contribution in [3.63, 3.8) is 0 Å². The normalized spacial score (nSPS) is 15.7. The molecule has 1 aliphatic heterocycles. The van der Waals surface area contributed by atoms with E-state index in [1.807, 2.05) is 0 Å². The molecule has 120 valence electrons. The van der Waals surface area contributed by atoms with Crippen molar-refractivity contribution in [1.82, 2.24) is 10.2 Å². The minimum atomic E-state index is -0.867. The lowest BCUT2D eigenvalue weighted by molar-refractivity contribution is -0.140. The van der Waals surface area contributed by atoms with E-state index in [9.17, 15) is 14.7 Å². The summed E-state index contributed by atoms with van der Waals surface area (Å²) < 4.78 is 5.05. The fourth-order valence-electron chi connectivity index (χ4n) is 2.08. The average molecular weight is 328 g/mol. The second-order valence-corrected chi connectivity index (χ2v) is 5.80. The summed E-state index contributed by atoms with van der Waals surface area (Å²) >= 11 is 5.79. The van der Waals surface area contributed by atoms with Crippen LogP contribution < -0.4 is 11.1 Å². The Hall–Kier alpha value is -1.83. The van der Waals surface area contributed by atoms with Crippen LogP contribution in [0.25, 0.3) is 0 Å². The number of nitrogens with zero attached hydrogens (tertiary/aromatic N) is 1. The third-order valence-corrected chi connectivity index (χ3v) is 3.77. The Bertz CT molecular complexity index is 540. The molecule has 1 fully saturated rings. The first-order valence-corrected chi connectivity index (χ1v) is 7.11. The van der Waals surface area contributed by atoms with Gasteiger partial charge in [0.1, 0.15) is 0 Å². The highest BCUT2D eigenvalue weighted by Gasteiger charge is 2.42. The zero-order chi connectivity index (χ0) is 16.2. The summed E-state index contributed by atoms with van der Waals surface area (Å²) in [5, 5.41) is 12.6. The number of hydrogen-bond acceptors (Lipinski definition) is 4. The van der Waals surface area contributed by atoms with Crippen LogP contribution in [0.3, 0.4) is 0 Å². The fourth-order valence-corrected chi connectivity index (χ4v) is 2.21. The number of nitrogens with one attached hydrogen (secondary N) is 1. The van der Waals surface area contributed by atoms with Gasteiger partial charge in [-0.05, 0) is 17.7 Å². The van der Waals surface area contributed by atoms with Gasteiger partial charge in [-0.3, -0.25) is 0 Å². The molecule has 7 nitrogen and oxygen atoms in total. The Morgan fingerprint density at radius 2 is 2.00 bits per heavy atom. The second kappa shape index (κ2) is 6.95. The number of primary amides is 1. The first kappa shape index (κ1) is 16.5. The first-order chi connectivity index (χ1) is 10.5. The van der Waals surface area contributed by atoms with E-state index >= 15 is 0 Å². The molecule has 0 spiro atoms. The Balaban J connectivity index is 1.94. The number of carbonyl (C=O) groups excluding carboxylic acids is 2. The van der Waals surface area contributed by atoms with Crippen molar-refractivity contribution in [2.45, 2.75) is 6.54 Å². The van der Waals surface area contributed by atoms with E-state index in [2.05, 4.69) is 5.32 Å². The number of ether oxygens (including phenoxy) is 1. The van der Waals surface area contributed by atoms with Gasteiger partial charge in [0, 0.05) is 18.1 Å². The minimum Gasteiger partial charge on any atom is -0.396 e. The first-order valence-electron chi connectivity index (χ1n) is 6.74. The zero-order valence-corrected chi connectivity index (χ0v) is 12.7. The van der Waals surface area contributed by atoms with Crippen LogP contribution in [0.4, 0.5) is 9.59 Å². The molecule has 0 aromatic heterocycles. The minimum absolute atomic E-state index is 0.0191. The molecule has 1 aromatic carbocycles. The standard InChI is InChI=1S/C14H18ClN3O4/c15-11-3-1-10(2-4-11)5-17-13(21)18(12(16)20)6-14(7-19)8-22-9-14/h1-4,19H,5-9H2,(H2,16,20)(H,17,21). The van der Waals surface area contributed by atoms with Crippen LogP contribution in [0.1, 0.15) is 5.56 Å². The number of carbonyl (C=O) groups is 2. The van der Waals surface area contributed by atoms with Gasteiger partial charge in [-0.25, -0.2) is 14.5 Å². The summed E-state index contributed by atoms with van der Waals surface area (Å²) in [6.07, 6.45) is 0. The quantitative estimate of drug-likeness (QED) is 0.748. The van der Waals surface area contributed by atoms with Gasteiger partial charge in [0.15, 0.2) is 0 Å². The number of aliphatic hydroxyl groups is 1. The SMILES string of the molecule is NC(=O)N(CC1(CO)COC1)C(=O)NCc1ccc(Cl)cc1. The van der Waals surface area contributed by atoms with Gasteiger partial charge < -0.3 is 20.9 Å². The highest BCUT2D eigenvalue weighted by atomic mass is 35.5. The Kier molecular flexibility index (Phi) is 5.23. The molecule has 0 aliphatic carbocycles. The van der Waals surface area contributed by atoms with Gasteiger partial charge in [0.2, 0.25) is 0 Å². The monoisotopic (exact) mass is 327 g/mol. The lowest BCUT2D eigenvalue weighted by Crippen LogP contribution is -2.58. The van der Waals surface area contributed by atoms with Gasteiger partial charge in [-0.2, -0.15) is 0 Å². The van der Waals surface area contributed by atoms with Crippen molar-refractivity contribution in [2.24, 2.45) is 11.1 Å². The topological polar surface area (TPSA) is 105 Å². The van der Waals surface area contributed by atoms with Gasteiger partial charge >= 0.3 is 12.1 Å². The number of rotatable bonds is 5. The van der Waals surface area contributed by atoms with Gasteiger partial charge in [0.25, 0.3) is 0 Å². The van der Waals surface area contributed by atoms with Crippen LogP contribution in [0.2, 0.25) is 5.02 Å². The predicted molar refractivity (Wildman–Crippen MR) is 80.3 cm³/mol. The molecule has 0 saturated carbocycles. The molecule has 1 saturated heterocycles. The zero-order valence-electron chi connectivity index (χ0n) is 11.9. The third-order valence-electron chi connectivity index (χ3n) is 3.51. The second-order valence-electron chi connectivity index (χ2n) is 5.36. The molecule has 1 aromatic rings. The molecule has 2 rings (SSSR count). The summed E-state index contributed by atoms with van der Waals surface area (Å²) in [7, 11) is 0. The maximum atomic E-state index is 12.1. The van der Waals surface area contributed by atoms with Crippen molar-refractivity contribution in [2.75, 3.05) is 26.4 Å².